The van der Waals surface area contributed by atoms with E-state index in [-0.39, 0.29) is 5.69 Å². The summed E-state index contributed by atoms with van der Waals surface area (Å²) in [4.78, 5) is 0. The van der Waals surface area contributed by atoms with Gasteiger partial charge in [0.2, 0.25) is 0 Å². The predicted molar refractivity (Wildman–Crippen MR) is 92.0 cm³/mol. The molecule has 0 saturated heterocycles. The second kappa shape index (κ2) is 6.32. The van der Waals surface area contributed by atoms with Gasteiger partial charge >= 0.3 is 0 Å². The summed E-state index contributed by atoms with van der Waals surface area (Å²) in [6.07, 6.45) is 4.87. The van der Waals surface area contributed by atoms with Gasteiger partial charge in [-0.2, -0.15) is 10.5 Å². The second-order valence-corrected chi connectivity index (χ2v) is 6.17. The van der Waals surface area contributed by atoms with Crippen molar-refractivity contribution in [2.24, 2.45) is 0 Å². The van der Waals surface area contributed by atoms with Gasteiger partial charge in [-0.3, -0.25) is 0 Å². The van der Waals surface area contributed by atoms with Gasteiger partial charge in [0.15, 0.2) is 0 Å². The number of benzene rings is 2. The first-order valence-corrected chi connectivity index (χ1v) is 8.09. The van der Waals surface area contributed by atoms with Crippen molar-refractivity contribution in [1.82, 2.24) is 0 Å². The SMILES string of the molecule is N#Cc1c(N)c(C#N)c(-c2ccccc2Cl)c2c1CCCCC2. The molecular weight excluding hydrogens is 306 g/mol. The first-order valence-electron chi connectivity index (χ1n) is 7.71. The first kappa shape index (κ1) is 15.4. The molecule has 114 valence electrons. The molecule has 0 saturated carbocycles. The number of fused-ring (bicyclic) bond motifs is 1. The molecule has 2 N–H and O–H groups in total. The van der Waals surface area contributed by atoms with Gasteiger partial charge < -0.3 is 5.73 Å². The molecule has 1 aliphatic rings. The number of nitriles is 2. The number of rotatable bonds is 1. The van der Waals surface area contributed by atoms with Crippen molar-refractivity contribution in [1.29, 1.82) is 10.5 Å². The minimum atomic E-state index is 0.283. The molecule has 0 radical (unpaired) electrons. The lowest BCUT2D eigenvalue weighted by Crippen LogP contribution is -2.07. The molecule has 0 fully saturated rings. The summed E-state index contributed by atoms with van der Waals surface area (Å²) in [7, 11) is 0. The quantitative estimate of drug-likeness (QED) is 0.616. The number of nitrogens with zero attached hydrogens (tertiary/aromatic N) is 2. The van der Waals surface area contributed by atoms with E-state index in [0.29, 0.717) is 16.1 Å². The Morgan fingerprint density at radius 1 is 0.913 bits per heavy atom. The van der Waals surface area contributed by atoms with Crippen LogP contribution in [0.1, 0.15) is 41.5 Å². The Morgan fingerprint density at radius 3 is 2.22 bits per heavy atom. The van der Waals surface area contributed by atoms with Crippen molar-refractivity contribution in [3.8, 4) is 23.3 Å². The molecule has 0 unspecified atom stereocenters. The molecule has 23 heavy (non-hydrogen) atoms. The van der Waals surface area contributed by atoms with E-state index in [1.165, 1.54) is 0 Å². The molecule has 0 atom stereocenters. The van der Waals surface area contributed by atoms with Gasteiger partial charge in [-0.25, -0.2) is 0 Å². The molecule has 2 aromatic carbocycles. The highest BCUT2D eigenvalue weighted by Gasteiger charge is 2.25. The number of hydrogen-bond acceptors (Lipinski definition) is 3. The highest BCUT2D eigenvalue weighted by Crippen LogP contribution is 2.41. The standard InChI is InChI=1S/C19H16ClN3/c20-17-9-5-4-8-14(17)18-13-7-3-1-2-6-12(13)15(10-21)19(23)16(18)11-22/h4-5,8-9H,1-3,6-7,23H2. The molecule has 3 rings (SSSR count). The first-order chi connectivity index (χ1) is 11.2. The van der Waals surface area contributed by atoms with E-state index in [4.69, 9.17) is 17.3 Å². The fourth-order valence-electron chi connectivity index (χ4n) is 3.41. The molecule has 1 aliphatic carbocycles. The van der Waals surface area contributed by atoms with E-state index in [2.05, 4.69) is 12.1 Å². The number of anilines is 1. The summed E-state index contributed by atoms with van der Waals surface area (Å²) >= 11 is 6.38. The van der Waals surface area contributed by atoms with Crippen molar-refractivity contribution in [2.75, 3.05) is 5.73 Å². The average Bonchev–Trinajstić information content (AvgIpc) is 2.80. The van der Waals surface area contributed by atoms with E-state index >= 15 is 0 Å². The van der Waals surface area contributed by atoms with E-state index in [0.717, 1.165) is 54.4 Å². The van der Waals surface area contributed by atoms with Crippen LogP contribution in [-0.2, 0) is 12.8 Å². The van der Waals surface area contributed by atoms with Crippen LogP contribution in [0.2, 0.25) is 5.02 Å². The van der Waals surface area contributed by atoms with E-state index in [9.17, 15) is 10.5 Å². The zero-order valence-electron chi connectivity index (χ0n) is 12.7. The maximum atomic E-state index is 9.66. The number of nitrogens with two attached hydrogens (primary N) is 1. The van der Waals surface area contributed by atoms with Gasteiger partial charge in [0.1, 0.15) is 12.1 Å². The lowest BCUT2D eigenvalue weighted by atomic mass is 9.84. The van der Waals surface area contributed by atoms with Crippen LogP contribution in [0, 0.1) is 22.7 Å². The van der Waals surface area contributed by atoms with Gasteiger partial charge in [0.25, 0.3) is 0 Å². The smallest absolute Gasteiger partial charge is 0.102 e. The zero-order chi connectivity index (χ0) is 16.4. The Kier molecular flexibility index (Phi) is 4.24. The van der Waals surface area contributed by atoms with Crippen LogP contribution < -0.4 is 5.73 Å². The van der Waals surface area contributed by atoms with Crippen LogP contribution in [-0.4, -0.2) is 0 Å². The van der Waals surface area contributed by atoms with Gasteiger partial charge in [-0.1, -0.05) is 36.2 Å². The lowest BCUT2D eigenvalue weighted by molar-refractivity contribution is 0.711. The van der Waals surface area contributed by atoms with Crippen molar-refractivity contribution < 1.29 is 0 Å². The second-order valence-electron chi connectivity index (χ2n) is 5.76. The van der Waals surface area contributed by atoms with Gasteiger partial charge in [-0.15, -0.1) is 0 Å². The predicted octanol–water partition coefficient (Wildman–Crippen LogP) is 4.60. The molecule has 0 aliphatic heterocycles. The average molecular weight is 322 g/mol. The van der Waals surface area contributed by atoms with Crippen molar-refractivity contribution in [2.45, 2.75) is 32.1 Å². The maximum absolute atomic E-state index is 9.66. The molecule has 4 heteroatoms. The Balaban J connectivity index is 2.44. The molecule has 0 heterocycles. The minimum Gasteiger partial charge on any atom is -0.397 e. The lowest BCUT2D eigenvalue weighted by Gasteiger charge is -2.19. The van der Waals surface area contributed by atoms with Crippen molar-refractivity contribution in [3.05, 3.63) is 51.5 Å². The van der Waals surface area contributed by atoms with E-state index < -0.39 is 0 Å². The van der Waals surface area contributed by atoms with Crippen LogP contribution in [0.3, 0.4) is 0 Å². The van der Waals surface area contributed by atoms with Crippen LogP contribution in [0.5, 0.6) is 0 Å². The fourth-order valence-corrected chi connectivity index (χ4v) is 3.64. The number of nitrogen functional groups attached to an aromatic ring is 1. The largest absolute Gasteiger partial charge is 0.397 e. The normalized spacial score (nSPS) is 13.5. The summed E-state index contributed by atoms with van der Waals surface area (Å²) in [6.45, 7) is 0. The van der Waals surface area contributed by atoms with Crippen LogP contribution >= 0.6 is 11.6 Å². The molecule has 3 nitrogen and oxygen atoms in total. The van der Waals surface area contributed by atoms with E-state index in [1.807, 2.05) is 24.3 Å². The highest BCUT2D eigenvalue weighted by molar-refractivity contribution is 6.33. The Bertz CT molecular complexity index is 856. The molecule has 0 bridgehead atoms. The summed E-state index contributed by atoms with van der Waals surface area (Å²) < 4.78 is 0. The van der Waals surface area contributed by atoms with Crippen LogP contribution in [0.25, 0.3) is 11.1 Å². The third-order valence-electron chi connectivity index (χ3n) is 4.48. The monoisotopic (exact) mass is 321 g/mol. The minimum absolute atomic E-state index is 0.283. The Hall–Kier alpha value is -2.49. The van der Waals surface area contributed by atoms with Crippen molar-refractivity contribution in [3.63, 3.8) is 0 Å². The van der Waals surface area contributed by atoms with Crippen LogP contribution in [0.4, 0.5) is 5.69 Å². The van der Waals surface area contributed by atoms with Gasteiger partial charge in [0, 0.05) is 16.1 Å². The summed E-state index contributed by atoms with van der Waals surface area (Å²) in [5, 5.41) is 19.8. The third kappa shape index (κ3) is 2.54. The number of halogens is 1. The molecule has 0 amide bonds. The molecule has 0 spiro atoms. The van der Waals surface area contributed by atoms with Gasteiger partial charge in [0.05, 0.1) is 16.8 Å². The number of hydrogen-bond donors (Lipinski definition) is 1. The Labute approximate surface area is 140 Å². The van der Waals surface area contributed by atoms with E-state index in [1.54, 1.807) is 0 Å². The highest BCUT2D eigenvalue weighted by atomic mass is 35.5. The van der Waals surface area contributed by atoms with Crippen LogP contribution in [0.15, 0.2) is 24.3 Å². The summed E-state index contributed by atoms with van der Waals surface area (Å²) in [6, 6.07) is 11.9. The Morgan fingerprint density at radius 2 is 1.57 bits per heavy atom. The maximum Gasteiger partial charge on any atom is 0.102 e. The zero-order valence-corrected chi connectivity index (χ0v) is 13.5. The summed E-state index contributed by atoms with van der Waals surface area (Å²) in [5.41, 5.74) is 11.0. The summed E-state index contributed by atoms with van der Waals surface area (Å²) in [5.74, 6) is 0. The van der Waals surface area contributed by atoms with Gasteiger partial charge in [-0.05, 0) is 42.9 Å². The third-order valence-corrected chi connectivity index (χ3v) is 4.81. The molecular formula is C19H16ClN3. The van der Waals surface area contributed by atoms with Crippen molar-refractivity contribution >= 4 is 17.3 Å². The topological polar surface area (TPSA) is 73.6 Å². The molecule has 0 aromatic heterocycles. The molecule has 2 aromatic rings. The fraction of sp³-hybridized carbons (Fsp3) is 0.263.